The van der Waals surface area contributed by atoms with Crippen LogP contribution in [-0.2, 0) is 0 Å². The number of hydrogen-bond acceptors (Lipinski definition) is 3. The molecular formula is C9H9N3O. The molecule has 0 radical (unpaired) electrons. The Hall–Kier alpha value is -1.84. The zero-order valence-corrected chi connectivity index (χ0v) is 7.16. The van der Waals surface area contributed by atoms with Gasteiger partial charge in [-0.2, -0.15) is 5.10 Å². The number of H-pyrrole nitrogens is 1. The lowest BCUT2D eigenvalue weighted by atomic mass is 10.1. The van der Waals surface area contributed by atoms with E-state index in [1.807, 2.05) is 19.1 Å². The maximum atomic E-state index is 11.4. The Bertz CT molecular complexity index is 516. The van der Waals surface area contributed by atoms with Gasteiger partial charge in [-0.25, -0.2) is 5.10 Å². The third kappa shape index (κ3) is 1.07. The van der Waals surface area contributed by atoms with Crippen LogP contribution in [0.15, 0.2) is 23.0 Å². The fraction of sp³-hybridized carbons (Fsp3) is 0.111. The van der Waals surface area contributed by atoms with Gasteiger partial charge in [-0.05, 0) is 13.0 Å². The summed E-state index contributed by atoms with van der Waals surface area (Å²) in [6.45, 7) is 1.83. The number of aromatic amines is 1. The van der Waals surface area contributed by atoms with Crippen molar-refractivity contribution in [3.8, 4) is 0 Å². The number of rotatable bonds is 0. The number of nitrogens with one attached hydrogen (secondary N) is 1. The number of fused-ring (bicyclic) bond motifs is 1. The first kappa shape index (κ1) is 7.79. The highest BCUT2D eigenvalue weighted by atomic mass is 16.1. The van der Waals surface area contributed by atoms with Crippen molar-refractivity contribution in [3.63, 3.8) is 0 Å². The number of aromatic nitrogens is 2. The van der Waals surface area contributed by atoms with Crippen molar-refractivity contribution in [2.45, 2.75) is 6.92 Å². The molecule has 0 saturated heterocycles. The average Bonchev–Trinajstić information content (AvgIpc) is 2.12. The Labute approximate surface area is 74.4 Å². The topological polar surface area (TPSA) is 71.8 Å². The Morgan fingerprint density at radius 3 is 2.92 bits per heavy atom. The molecule has 0 bridgehead atoms. The Morgan fingerprint density at radius 2 is 2.23 bits per heavy atom. The van der Waals surface area contributed by atoms with Gasteiger partial charge in [0.05, 0.1) is 11.1 Å². The fourth-order valence-electron chi connectivity index (χ4n) is 1.38. The minimum Gasteiger partial charge on any atom is -0.398 e. The smallest absolute Gasteiger partial charge is 0.274 e. The molecule has 0 spiro atoms. The Morgan fingerprint density at radius 1 is 1.46 bits per heavy atom. The van der Waals surface area contributed by atoms with E-state index in [1.54, 1.807) is 6.07 Å². The van der Waals surface area contributed by atoms with Gasteiger partial charge in [0.15, 0.2) is 0 Å². The van der Waals surface area contributed by atoms with Crippen LogP contribution in [0.25, 0.3) is 10.8 Å². The van der Waals surface area contributed by atoms with E-state index in [4.69, 9.17) is 5.73 Å². The number of hydrogen-bond donors (Lipinski definition) is 2. The van der Waals surface area contributed by atoms with Gasteiger partial charge < -0.3 is 5.73 Å². The SMILES string of the molecule is Cc1n[nH]c(=O)c2c(N)cccc12. The van der Waals surface area contributed by atoms with Crippen LogP contribution < -0.4 is 11.3 Å². The number of nitrogen functional groups attached to an aromatic ring is 1. The molecule has 66 valence electrons. The summed E-state index contributed by atoms with van der Waals surface area (Å²) in [4.78, 5) is 11.4. The highest BCUT2D eigenvalue weighted by Crippen LogP contribution is 2.17. The van der Waals surface area contributed by atoms with Crippen LogP contribution >= 0.6 is 0 Å². The predicted octanol–water partition coefficient (Wildman–Crippen LogP) is 0.814. The van der Waals surface area contributed by atoms with Crippen molar-refractivity contribution in [1.29, 1.82) is 0 Å². The highest BCUT2D eigenvalue weighted by Gasteiger charge is 2.04. The number of nitrogens with zero attached hydrogens (tertiary/aromatic N) is 1. The summed E-state index contributed by atoms with van der Waals surface area (Å²) >= 11 is 0. The number of benzene rings is 1. The summed E-state index contributed by atoms with van der Waals surface area (Å²) in [7, 11) is 0. The van der Waals surface area contributed by atoms with E-state index in [-0.39, 0.29) is 5.56 Å². The monoisotopic (exact) mass is 175 g/mol. The summed E-state index contributed by atoms with van der Waals surface area (Å²) in [5.41, 5.74) is 6.71. The molecule has 4 heteroatoms. The van der Waals surface area contributed by atoms with Gasteiger partial charge in [0.2, 0.25) is 0 Å². The van der Waals surface area contributed by atoms with Crippen LogP contribution in [0, 0.1) is 6.92 Å². The first-order valence-corrected chi connectivity index (χ1v) is 3.93. The van der Waals surface area contributed by atoms with E-state index in [0.29, 0.717) is 11.1 Å². The summed E-state index contributed by atoms with van der Waals surface area (Å²) < 4.78 is 0. The van der Waals surface area contributed by atoms with E-state index in [9.17, 15) is 4.79 Å². The number of nitrogens with two attached hydrogens (primary N) is 1. The van der Waals surface area contributed by atoms with E-state index in [2.05, 4.69) is 10.2 Å². The molecule has 4 nitrogen and oxygen atoms in total. The van der Waals surface area contributed by atoms with Gasteiger partial charge in [-0.15, -0.1) is 0 Å². The van der Waals surface area contributed by atoms with Crippen molar-refractivity contribution in [1.82, 2.24) is 10.2 Å². The van der Waals surface area contributed by atoms with Gasteiger partial charge >= 0.3 is 0 Å². The van der Waals surface area contributed by atoms with Crippen LogP contribution in [0.4, 0.5) is 5.69 Å². The molecule has 0 amide bonds. The van der Waals surface area contributed by atoms with Crippen LogP contribution in [0.3, 0.4) is 0 Å². The lowest BCUT2D eigenvalue weighted by Gasteiger charge is -2.01. The van der Waals surface area contributed by atoms with Crippen molar-refractivity contribution >= 4 is 16.5 Å². The normalized spacial score (nSPS) is 10.5. The van der Waals surface area contributed by atoms with Crippen LogP contribution in [-0.4, -0.2) is 10.2 Å². The van der Waals surface area contributed by atoms with Gasteiger partial charge in [0.25, 0.3) is 5.56 Å². The average molecular weight is 175 g/mol. The third-order valence-electron chi connectivity index (χ3n) is 2.04. The summed E-state index contributed by atoms with van der Waals surface area (Å²) in [6, 6.07) is 5.35. The van der Waals surface area contributed by atoms with Gasteiger partial charge in [0, 0.05) is 11.1 Å². The Kier molecular flexibility index (Phi) is 1.55. The van der Waals surface area contributed by atoms with E-state index in [0.717, 1.165) is 11.1 Å². The standard InChI is InChI=1S/C9H9N3O/c1-5-6-3-2-4-7(10)8(6)9(13)12-11-5/h2-4H,10H2,1H3,(H,12,13). The second-order valence-electron chi connectivity index (χ2n) is 2.91. The Balaban J connectivity index is 3.09. The minimum atomic E-state index is -0.237. The molecule has 0 aliphatic heterocycles. The zero-order chi connectivity index (χ0) is 9.42. The summed E-state index contributed by atoms with van der Waals surface area (Å²) in [5, 5.41) is 7.58. The van der Waals surface area contributed by atoms with Crippen molar-refractivity contribution in [2.24, 2.45) is 0 Å². The predicted molar refractivity (Wildman–Crippen MR) is 51.5 cm³/mol. The van der Waals surface area contributed by atoms with Crippen LogP contribution in [0.1, 0.15) is 5.69 Å². The highest BCUT2D eigenvalue weighted by molar-refractivity contribution is 5.93. The van der Waals surface area contributed by atoms with Crippen LogP contribution in [0.5, 0.6) is 0 Å². The van der Waals surface area contributed by atoms with Gasteiger partial charge in [0.1, 0.15) is 0 Å². The summed E-state index contributed by atoms with van der Waals surface area (Å²) in [5.74, 6) is 0. The summed E-state index contributed by atoms with van der Waals surface area (Å²) in [6.07, 6.45) is 0. The maximum absolute atomic E-state index is 11.4. The van der Waals surface area contributed by atoms with E-state index in [1.165, 1.54) is 0 Å². The minimum absolute atomic E-state index is 0.237. The first-order valence-electron chi connectivity index (χ1n) is 3.93. The molecule has 0 aliphatic carbocycles. The lowest BCUT2D eigenvalue weighted by molar-refractivity contribution is 0.970. The van der Waals surface area contributed by atoms with E-state index >= 15 is 0 Å². The third-order valence-corrected chi connectivity index (χ3v) is 2.04. The molecule has 1 aromatic carbocycles. The molecule has 0 unspecified atom stereocenters. The molecule has 2 rings (SSSR count). The second kappa shape index (κ2) is 2.58. The molecule has 0 aliphatic rings. The number of anilines is 1. The lowest BCUT2D eigenvalue weighted by Crippen LogP contribution is -2.11. The first-order chi connectivity index (χ1) is 6.20. The molecule has 0 fully saturated rings. The quantitative estimate of drug-likeness (QED) is 0.582. The molecule has 1 aromatic heterocycles. The second-order valence-corrected chi connectivity index (χ2v) is 2.91. The van der Waals surface area contributed by atoms with Gasteiger partial charge in [-0.3, -0.25) is 4.79 Å². The van der Waals surface area contributed by atoms with Gasteiger partial charge in [-0.1, -0.05) is 12.1 Å². The largest absolute Gasteiger partial charge is 0.398 e. The van der Waals surface area contributed by atoms with E-state index < -0.39 is 0 Å². The van der Waals surface area contributed by atoms with Crippen molar-refractivity contribution in [2.75, 3.05) is 5.73 Å². The molecular weight excluding hydrogens is 166 g/mol. The maximum Gasteiger partial charge on any atom is 0.274 e. The molecule has 3 N–H and O–H groups in total. The van der Waals surface area contributed by atoms with Crippen molar-refractivity contribution < 1.29 is 0 Å². The zero-order valence-electron chi connectivity index (χ0n) is 7.16. The fourth-order valence-corrected chi connectivity index (χ4v) is 1.38. The van der Waals surface area contributed by atoms with Crippen LogP contribution in [0.2, 0.25) is 0 Å². The van der Waals surface area contributed by atoms with Crippen molar-refractivity contribution in [3.05, 3.63) is 34.2 Å². The molecule has 1 heterocycles. The molecule has 2 aromatic rings. The molecule has 0 saturated carbocycles. The number of aryl methyl sites for hydroxylation is 1. The molecule has 13 heavy (non-hydrogen) atoms. The molecule has 0 atom stereocenters.